The molecule has 2 saturated heterocycles. The number of amides is 1. The van der Waals surface area contributed by atoms with Crippen LogP contribution in [-0.4, -0.2) is 45.9 Å². The molecule has 0 saturated carbocycles. The van der Waals surface area contributed by atoms with Crippen molar-refractivity contribution < 1.29 is 4.79 Å². The lowest BCUT2D eigenvalue weighted by molar-refractivity contribution is 0.0736. The smallest absolute Gasteiger partial charge is 0.264 e. The average Bonchev–Trinajstić information content (AvgIpc) is 3.24. The fraction of sp³-hybridized carbons (Fsp3) is 0.474. The van der Waals surface area contributed by atoms with E-state index in [1.165, 1.54) is 0 Å². The fourth-order valence-corrected chi connectivity index (χ4v) is 5.02. The fourth-order valence-electron chi connectivity index (χ4n) is 4.14. The largest absolute Gasteiger partial charge is 0.333 e. The monoisotopic (exact) mass is 341 g/mol. The minimum Gasteiger partial charge on any atom is -0.333 e. The number of hydrogen-bond acceptors (Lipinski definition) is 4. The Morgan fingerprint density at radius 1 is 1.21 bits per heavy atom. The zero-order valence-electron chi connectivity index (χ0n) is 14.2. The Bertz CT molecular complexity index is 757. The first-order valence-electron chi connectivity index (χ1n) is 8.65. The van der Waals surface area contributed by atoms with E-state index in [1.807, 2.05) is 31.4 Å². The standard InChI is InChI=1S/C19H23N3OS/c1-13-8-11-24-18(13)19(23)22-10-7-16-17(22)6-9-21(16)12-15-5-3-4-14(2)20-15/h3-5,8,11,16-17H,6-7,9-10,12H2,1-2H3/t16-,17-/m0/s1. The minimum absolute atomic E-state index is 0.227. The van der Waals surface area contributed by atoms with Gasteiger partial charge in [-0.2, -0.15) is 0 Å². The lowest BCUT2D eigenvalue weighted by Crippen LogP contribution is -2.39. The molecule has 0 radical (unpaired) electrons. The van der Waals surface area contributed by atoms with Crippen molar-refractivity contribution in [2.24, 2.45) is 0 Å². The average molecular weight is 341 g/mol. The van der Waals surface area contributed by atoms with E-state index in [9.17, 15) is 4.79 Å². The van der Waals surface area contributed by atoms with E-state index in [1.54, 1.807) is 11.3 Å². The molecular formula is C19H23N3OS. The van der Waals surface area contributed by atoms with Gasteiger partial charge in [0.05, 0.1) is 10.6 Å². The van der Waals surface area contributed by atoms with Crippen LogP contribution in [0.15, 0.2) is 29.6 Å². The molecule has 0 spiro atoms. The van der Waals surface area contributed by atoms with E-state index >= 15 is 0 Å². The van der Waals surface area contributed by atoms with Crippen LogP contribution in [-0.2, 0) is 6.54 Å². The van der Waals surface area contributed by atoms with Crippen LogP contribution in [0.4, 0.5) is 0 Å². The summed E-state index contributed by atoms with van der Waals surface area (Å²) >= 11 is 1.57. The molecule has 4 nitrogen and oxygen atoms in total. The highest BCUT2D eigenvalue weighted by molar-refractivity contribution is 7.12. The second-order valence-corrected chi connectivity index (χ2v) is 7.80. The summed E-state index contributed by atoms with van der Waals surface area (Å²) in [7, 11) is 0. The Morgan fingerprint density at radius 3 is 2.79 bits per heavy atom. The van der Waals surface area contributed by atoms with Crippen molar-refractivity contribution in [3.05, 3.63) is 51.5 Å². The zero-order valence-corrected chi connectivity index (χ0v) is 15.1. The second kappa shape index (κ2) is 6.30. The first-order chi connectivity index (χ1) is 11.6. The Morgan fingerprint density at radius 2 is 2.04 bits per heavy atom. The van der Waals surface area contributed by atoms with E-state index < -0.39 is 0 Å². The van der Waals surface area contributed by atoms with Crippen molar-refractivity contribution in [3.8, 4) is 0 Å². The van der Waals surface area contributed by atoms with Crippen LogP contribution in [0.25, 0.3) is 0 Å². The summed E-state index contributed by atoms with van der Waals surface area (Å²) in [6.07, 6.45) is 2.15. The SMILES string of the molecule is Cc1cccc(CN2CC[C@H]3[C@@H]2CCN3C(=O)c2sccc2C)n1. The van der Waals surface area contributed by atoms with Crippen LogP contribution in [0, 0.1) is 13.8 Å². The number of carbonyl (C=O) groups is 1. The first-order valence-corrected chi connectivity index (χ1v) is 9.53. The number of carbonyl (C=O) groups excluding carboxylic acids is 1. The molecule has 4 rings (SSSR count). The van der Waals surface area contributed by atoms with Crippen LogP contribution < -0.4 is 0 Å². The number of fused-ring (bicyclic) bond motifs is 1. The Hall–Kier alpha value is -1.72. The van der Waals surface area contributed by atoms with Crippen molar-refractivity contribution in [3.63, 3.8) is 0 Å². The summed E-state index contributed by atoms with van der Waals surface area (Å²) in [4.78, 5) is 23.1. The van der Waals surface area contributed by atoms with Gasteiger partial charge in [-0.25, -0.2) is 0 Å². The van der Waals surface area contributed by atoms with Gasteiger partial charge in [-0.3, -0.25) is 14.7 Å². The molecule has 0 bridgehead atoms. The van der Waals surface area contributed by atoms with Crippen LogP contribution in [0.1, 0.15) is 39.5 Å². The molecule has 5 heteroatoms. The van der Waals surface area contributed by atoms with E-state index in [0.29, 0.717) is 12.1 Å². The van der Waals surface area contributed by atoms with Gasteiger partial charge in [0.1, 0.15) is 0 Å². The van der Waals surface area contributed by atoms with Gasteiger partial charge in [0.15, 0.2) is 0 Å². The van der Waals surface area contributed by atoms with E-state index in [-0.39, 0.29) is 5.91 Å². The molecule has 2 fully saturated rings. The summed E-state index contributed by atoms with van der Waals surface area (Å²) in [6.45, 7) is 6.89. The number of hydrogen-bond donors (Lipinski definition) is 0. The number of rotatable bonds is 3. The number of nitrogens with zero attached hydrogens (tertiary/aromatic N) is 3. The van der Waals surface area contributed by atoms with Crippen molar-refractivity contribution in [1.29, 1.82) is 0 Å². The Kier molecular flexibility index (Phi) is 4.14. The number of thiophene rings is 1. The minimum atomic E-state index is 0.227. The third kappa shape index (κ3) is 2.76. The summed E-state index contributed by atoms with van der Waals surface area (Å²) in [6, 6.07) is 9.11. The molecule has 0 aromatic carbocycles. The first kappa shape index (κ1) is 15.8. The van der Waals surface area contributed by atoms with Gasteiger partial charge in [-0.15, -0.1) is 11.3 Å². The molecule has 2 aromatic rings. The molecule has 24 heavy (non-hydrogen) atoms. The van der Waals surface area contributed by atoms with Gasteiger partial charge in [0.2, 0.25) is 0 Å². The summed E-state index contributed by atoms with van der Waals surface area (Å²) in [5, 5.41) is 2.01. The topological polar surface area (TPSA) is 36.4 Å². The molecule has 126 valence electrons. The Labute approximate surface area is 147 Å². The highest BCUT2D eigenvalue weighted by Crippen LogP contribution is 2.34. The normalized spacial score (nSPS) is 23.7. The maximum atomic E-state index is 12.9. The molecule has 2 aliphatic rings. The van der Waals surface area contributed by atoms with Gasteiger partial charge in [0.25, 0.3) is 5.91 Å². The van der Waals surface area contributed by atoms with Crippen LogP contribution in [0.3, 0.4) is 0 Å². The highest BCUT2D eigenvalue weighted by Gasteiger charge is 2.44. The number of pyridine rings is 1. The molecule has 0 aliphatic carbocycles. The molecule has 0 unspecified atom stereocenters. The molecule has 1 amide bonds. The predicted molar refractivity (Wildman–Crippen MR) is 96.3 cm³/mol. The summed E-state index contributed by atoms with van der Waals surface area (Å²) in [5.41, 5.74) is 3.31. The third-order valence-electron chi connectivity index (χ3n) is 5.32. The predicted octanol–water partition coefficient (Wildman–Crippen LogP) is 3.25. The van der Waals surface area contributed by atoms with Gasteiger partial charge >= 0.3 is 0 Å². The summed E-state index contributed by atoms with van der Waals surface area (Å²) in [5.74, 6) is 0.227. The van der Waals surface area contributed by atoms with Gasteiger partial charge in [-0.1, -0.05) is 6.07 Å². The van der Waals surface area contributed by atoms with Crippen LogP contribution in [0.2, 0.25) is 0 Å². The van der Waals surface area contributed by atoms with Crippen molar-refractivity contribution in [1.82, 2.24) is 14.8 Å². The number of likely N-dealkylation sites (tertiary alicyclic amines) is 2. The maximum absolute atomic E-state index is 12.9. The highest BCUT2D eigenvalue weighted by atomic mass is 32.1. The summed E-state index contributed by atoms with van der Waals surface area (Å²) < 4.78 is 0. The Balaban J connectivity index is 1.47. The second-order valence-electron chi connectivity index (χ2n) is 6.88. The number of aromatic nitrogens is 1. The molecule has 0 N–H and O–H groups in total. The van der Waals surface area contributed by atoms with Crippen molar-refractivity contribution in [2.45, 2.75) is 45.3 Å². The van der Waals surface area contributed by atoms with E-state index in [4.69, 9.17) is 0 Å². The molecular weight excluding hydrogens is 318 g/mol. The van der Waals surface area contributed by atoms with Gasteiger partial charge in [0, 0.05) is 37.4 Å². The number of aryl methyl sites for hydroxylation is 2. The van der Waals surface area contributed by atoms with Crippen LogP contribution >= 0.6 is 11.3 Å². The third-order valence-corrected chi connectivity index (χ3v) is 6.32. The van der Waals surface area contributed by atoms with Crippen molar-refractivity contribution >= 4 is 17.2 Å². The lowest BCUT2D eigenvalue weighted by atomic mass is 10.1. The maximum Gasteiger partial charge on any atom is 0.264 e. The van der Waals surface area contributed by atoms with Gasteiger partial charge < -0.3 is 4.90 Å². The van der Waals surface area contributed by atoms with E-state index in [2.05, 4.69) is 26.9 Å². The quantitative estimate of drug-likeness (QED) is 0.860. The molecule has 2 aliphatic heterocycles. The van der Waals surface area contributed by atoms with Gasteiger partial charge in [-0.05, 0) is 55.8 Å². The molecule has 2 aromatic heterocycles. The molecule has 2 atom stereocenters. The lowest BCUT2D eigenvalue weighted by Gasteiger charge is -2.25. The zero-order chi connectivity index (χ0) is 16.7. The van der Waals surface area contributed by atoms with Crippen LogP contribution in [0.5, 0.6) is 0 Å². The van der Waals surface area contributed by atoms with Crippen molar-refractivity contribution in [2.75, 3.05) is 13.1 Å². The molecule has 4 heterocycles. The van der Waals surface area contributed by atoms with E-state index in [0.717, 1.165) is 54.3 Å².